The van der Waals surface area contributed by atoms with Crippen molar-refractivity contribution in [1.29, 1.82) is 0 Å². The van der Waals surface area contributed by atoms with Crippen molar-refractivity contribution in [2.75, 3.05) is 0 Å². The lowest BCUT2D eigenvalue weighted by atomic mass is 9.67. The molecule has 21 heavy (non-hydrogen) atoms. The van der Waals surface area contributed by atoms with Crippen molar-refractivity contribution in [1.82, 2.24) is 9.97 Å². The minimum absolute atomic E-state index is 0.0991. The maximum atomic E-state index is 11.5. The zero-order valence-electron chi connectivity index (χ0n) is 13.0. The van der Waals surface area contributed by atoms with Gasteiger partial charge in [-0.2, -0.15) is 0 Å². The largest absolute Gasteiger partial charge is 0.481 e. The van der Waals surface area contributed by atoms with Crippen LogP contribution in [0.25, 0.3) is 0 Å². The number of aromatic nitrogens is 2. The van der Waals surface area contributed by atoms with Crippen LogP contribution in [-0.4, -0.2) is 26.3 Å². The maximum Gasteiger partial charge on any atom is 0.307 e. The first-order valence-electron chi connectivity index (χ1n) is 7.59. The lowest BCUT2D eigenvalue weighted by Gasteiger charge is -2.41. The molecule has 1 saturated carbocycles. The van der Waals surface area contributed by atoms with Gasteiger partial charge in [0.05, 0.1) is 10.9 Å². The molecule has 0 aliphatic heterocycles. The Bertz CT molecular complexity index is 478. The van der Waals surface area contributed by atoms with Crippen LogP contribution in [-0.2, 0) is 4.79 Å². The molecule has 4 nitrogen and oxygen atoms in total. The molecule has 1 heterocycles. The van der Waals surface area contributed by atoms with Gasteiger partial charge in [0.2, 0.25) is 0 Å². The van der Waals surface area contributed by atoms with E-state index in [0.29, 0.717) is 5.92 Å². The predicted molar refractivity (Wildman–Crippen MR) is 84.2 cm³/mol. The molecule has 0 saturated heterocycles. The summed E-state index contributed by atoms with van der Waals surface area (Å²) in [6.07, 6.45) is 7.09. The number of rotatable bonds is 5. The van der Waals surface area contributed by atoms with Gasteiger partial charge in [0.25, 0.3) is 0 Å². The zero-order valence-corrected chi connectivity index (χ0v) is 13.8. The van der Waals surface area contributed by atoms with Crippen molar-refractivity contribution in [3.63, 3.8) is 0 Å². The Morgan fingerprint density at radius 2 is 2.24 bits per heavy atom. The monoisotopic (exact) mass is 308 g/mol. The van der Waals surface area contributed by atoms with Crippen molar-refractivity contribution >= 4 is 17.7 Å². The Kier molecular flexibility index (Phi) is 5.25. The lowest BCUT2D eigenvalue weighted by molar-refractivity contribution is -0.143. The summed E-state index contributed by atoms with van der Waals surface area (Å²) in [5.41, 5.74) is 0.272. The van der Waals surface area contributed by atoms with Gasteiger partial charge in [0, 0.05) is 11.4 Å². The molecular weight excluding hydrogens is 284 g/mol. The highest BCUT2D eigenvalue weighted by atomic mass is 32.2. The quantitative estimate of drug-likeness (QED) is 0.836. The Hall–Kier alpha value is -1.10. The minimum atomic E-state index is -0.672. The molecule has 3 atom stereocenters. The number of carbonyl (C=O) groups is 1. The topological polar surface area (TPSA) is 63.1 Å². The Morgan fingerprint density at radius 1 is 1.48 bits per heavy atom. The number of hydrogen-bond acceptors (Lipinski definition) is 4. The van der Waals surface area contributed by atoms with Crippen LogP contribution in [0, 0.1) is 17.3 Å². The van der Waals surface area contributed by atoms with E-state index in [9.17, 15) is 9.90 Å². The first-order chi connectivity index (χ1) is 9.94. The summed E-state index contributed by atoms with van der Waals surface area (Å²) in [6.45, 7) is 6.81. The number of thioether (sulfide) groups is 1. The van der Waals surface area contributed by atoms with E-state index in [1.165, 1.54) is 6.33 Å². The van der Waals surface area contributed by atoms with Gasteiger partial charge < -0.3 is 5.11 Å². The van der Waals surface area contributed by atoms with Crippen LogP contribution in [0.4, 0.5) is 0 Å². The average molecular weight is 308 g/mol. The van der Waals surface area contributed by atoms with Gasteiger partial charge in [-0.15, -0.1) is 11.8 Å². The Balaban J connectivity index is 2.14. The second-order valence-corrected chi connectivity index (χ2v) is 7.76. The number of aliphatic carboxylic acids is 1. The smallest absolute Gasteiger partial charge is 0.307 e. The first kappa shape index (κ1) is 16.3. The van der Waals surface area contributed by atoms with E-state index in [1.807, 2.05) is 6.07 Å². The number of carboxylic acids is 1. The molecule has 1 aromatic heterocycles. The van der Waals surface area contributed by atoms with Crippen LogP contribution in [0.5, 0.6) is 0 Å². The van der Waals surface area contributed by atoms with Gasteiger partial charge in [0.1, 0.15) is 6.33 Å². The molecule has 3 unspecified atom stereocenters. The summed E-state index contributed by atoms with van der Waals surface area (Å²) in [4.78, 5) is 19.7. The van der Waals surface area contributed by atoms with E-state index >= 15 is 0 Å². The second-order valence-electron chi connectivity index (χ2n) is 6.50. The maximum absolute atomic E-state index is 11.5. The van der Waals surface area contributed by atoms with Crippen molar-refractivity contribution in [2.24, 2.45) is 17.3 Å². The molecule has 2 rings (SSSR count). The van der Waals surface area contributed by atoms with E-state index < -0.39 is 5.97 Å². The molecule has 5 heteroatoms. The van der Waals surface area contributed by atoms with E-state index in [-0.39, 0.29) is 16.6 Å². The third kappa shape index (κ3) is 3.96. The molecule has 0 amide bonds. The molecule has 0 spiro atoms. The Labute approximate surface area is 130 Å². The van der Waals surface area contributed by atoms with Gasteiger partial charge in [0.15, 0.2) is 0 Å². The number of carboxylic acid groups (broad SMARTS) is 1. The third-order valence-corrected chi connectivity index (χ3v) is 6.26. The van der Waals surface area contributed by atoms with Crippen molar-refractivity contribution < 1.29 is 9.90 Å². The average Bonchev–Trinajstić information content (AvgIpc) is 2.48. The molecule has 0 bridgehead atoms. The first-order valence-corrected chi connectivity index (χ1v) is 8.47. The highest BCUT2D eigenvalue weighted by molar-refractivity contribution is 7.99. The minimum Gasteiger partial charge on any atom is -0.481 e. The molecule has 1 fully saturated rings. The van der Waals surface area contributed by atoms with Gasteiger partial charge in [-0.3, -0.25) is 4.79 Å². The van der Waals surface area contributed by atoms with Gasteiger partial charge in [-0.25, -0.2) is 9.97 Å². The van der Waals surface area contributed by atoms with Crippen molar-refractivity contribution in [2.45, 2.75) is 56.7 Å². The second kappa shape index (κ2) is 6.77. The van der Waals surface area contributed by atoms with Crippen molar-refractivity contribution in [3.8, 4) is 0 Å². The summed E-state index contributed by atoms with van der Waals surface area (Å²) in [6, 6.07) is 1.86. The molecule has 0 aromatic carbocycles. The normalized spacial score (nSPS) is 26.5. The summed E-state index contributed by atoms with van der Waals surface area (Å²) < 4.78 is 0. The molecule has 116 valence electrons. The van der Waals surface area contributed by atoms with Crippen LogP contribution < -0.4 is 0 Å². The lowest BCUT2D eigenvalue weighted by Crippen LogP contribution is -2.37. The highest BCUT2D eigenvalue weighted by Gasteiger charge is 2.40. The SMILES string of the molecule is CCC(C)(C)C1CCC(C(=O)O)C(Sc2ccncn2)C1. The van der Waals surface area contributed by atoms with Crippen LogP contribution in [0.15, 0.2) is 23.6 Å². The van der Waals surface area contributed by atoms with Crippen LogP contribution >= 0.6 is 11.8 Å². The standard InChI is InChI=1S/C16H24N2O2S/c1-4-16(2,3)11-5-6-12(15(19)20)13(9-11)21-14-7-8-17-10-18-14/h7-8,10-13H,4-6,9H2,1-3H3,(H,19,20). The molecule has 1 N–H and O–H groups in total. The Morgan fingerprint density at radius 3 is 2.81 bits per heavy atom. The summed E-state index contributed by atoms with van der Waals surface area (Å²) >= 11 is 1.60. The number of nitrogens with zero attached hydrogens (tertiary/aromatic N) is 2. The van der Waals surface area contributed by atoms with E-state index in [0.717, 1.165) is 30.7 Å². The molecule has 0 radical (unpaired) electrons. The van der Waals surface area contributed by atoms with Crippen molar-refractivity contribution in [3.05, 3.63) is 18.6 Å². The third-order valence-electron chi connectivity index (χ3n) is 4.95. The van der Waals surface area contributed by atoms with E-state index in [4.69, 9.17) is 0 Å². The van der Waals surface area contributed by atoms with Gasteiger partial charge in [-0.1, -0.05) is 27.2 Å². The summed E-state index contributed by atoms with van der Waals surface area (Å²) in [7, 11) is 0. The number of hydrogen-bond donors (Lipinski definition) is 1. The fourth-order valence-corrected chi connectivity index (χ4v) is 4.35. The van der Waals surface area contributed by atoms with Crippen LogP contribution in [0.2, 0.25) is 0 Å². The molecule has 1 aliphatic rings. The molecule has 1 aliphatic carbocycles. The molecule has 1 aromatic rings. The molecular formula is C16H24N2O2S. The van der Waals surface area contributed by atoms with Gasteiger partial charge >= 0.3 is 5.97 Å². The van der Waals surface area contributed by atoms with Crippen LogP contribution in [0.3, 0.4) is 0 Å². The fraction of sp³-hybridized carbons (Fsp3) is 0.688. The van der Waals surface area contributed by atoms with E-state index in [1.54, 1.807) is 18.0 Å². The van der Waals surface area contributed by atoms with E-state index in [2.05, 4.69) is 30.7 Å². The summed E-state index contributed by atoms with van der Waals surface area (Å²) in [5.74, 6) is -0.361. The highest BCUT2D eigenvalue weighted by Crippen LogP contribution is 2.46. The fourth-order valence-electron chi connectivity index (χ4n) is 3.04. The van der Waals surface area contributed by atoms with Crippen LogP contribution in [0.1, 0.15) is 46.5 Å². The predicted octanol–water partition coefficient (Wildman–Crippen LogP) is 3.87. The summed E-state index contributed by atoms with van der Waals surface area (Å²) in [5, 5.41) is 10.5. The van der Waals surface area contributed by atoms with Gasteiger partial charge in [-0.05, 0) is 36.7 Å². The zero-order chi connectivity index (χ0) is 15.5.